The van der Waals surface area contributed by atoms with Gasteiger partial charge in [0, 0.05) is 0 Å². The van der Waals surface area contributed by atoms with E-state index in [0.717, 1.165) is 27.7 Å². The predicted octanol–water partition coefficient (Wildman–Crippen LogP) is 4.91. The molecule has 1 N–H and O–H groups in total. The van der Waals surface area contributed by atoms with Crippen LogP contribution in [0.1, 0.15) is 45.7 Å². The molecule has 0 radical (unpaired) electrons. The fourth-order valence-corrected chi connectivity index (χ4v) is 3.74. The van der Waals surface area contributed by atoms with Gasteiger partial charge in [0.1, 0.15) is 5.60 Å². The zero-order valence-corrected chi connectivity index (χ0v) is 18.3. The Balaban J connectivity index is 1.60. The molecule has 1 atom stereocenters. The smallest absolute Gasteiger partial charge is 0.399 e. The van der Waals surface area contributed by atoms with Crippen molar-refractivity contribution in [2.75, 3.05) is 0 Å². The highest BCUT2D eigenvalue weighted by atomic mass is 16.7. The molecule has 0 amide bonds. The van der Waals surface area contributed by atoms with Crippen LogP contribution in [-0.2, 0) is 14.9 Å². The average Bonchev–Trinajstić information content (AvgIpc) is 2.96. The molecule has 30 heavy (non-hydrogen) atoms. The second kappa shape index (κ2) is 7.38. The fraction of sp³-hybridized carbons (Fsp3) is 0.308. The molecule has 1 saturated heterocycles. The van der Waals surface area contributed by atoms with Crippen LogP contribution in [0.5, 0.6) is 0 Å². The molecule has 1 aliphatic heterocycles. The first kappa shape index (κ1) is 20.9. The molecule has 3 aromatic rings. The highest BCUT2D eigenvalue weighted by Gasteiger charge is 2.51. The minimum absolute atomic E-state index is 0.375. The van der Waals surface area contributed by atoms with E-state index in [1.807, 2.05) is 89.2 Å². The van der Waals surface area contributed by atoms with Crippen LogP contribution in [0.25, 0.3) is 11.1 Å². The monoisotopic (exact) mass is 400 g/mol. The van der Waals surface area contributed by atoms with Crippen LogP contribution in [0.3, 0.4) is 0 Å². The number of hydrogen-bond acceptors (Lipinski definition) is 3. The highest BCUT2D eigenvalue weighted by Crippen LogP contribution is 2.37. The van der Waals surface area contributed by atoms with Crippen molar-refractivity contribution < 1.29 is 14.4 Å². The molecule has 0 bridgehead atoms. The van der Waals surface area contributed by atoms with Gasteiger partial charge in [0.25, 0.3) is 0 Å². The number of hydrogen-bond donors (Lipinski definition) is 1. The van der Waals surface area contributed by atoms with Gasteiger partial charge in [-0.05, 0) is 68.4 Å². The number of rotatable bonds is 4. The summed E-state index contributed by atoms with van der Waals surface area (Å²) in [6.07, 6.45) is 0. The molecule has 1 fully saturated rings. The first-order chi connectivity index (χ1) is 14.1. The van der Waals surface area contributed by atoms with Crippen molar-refractivity contribution in [3.63, 3.8) is 0 Å². The van der Waals surface area contributed by atoms with Crippen LogP contribution in [0.15, 0.2) is 78.9 Å². The minimum atomic E-state index is -1.11. The molecule has 1 heterocycles. The second-order valence-electron chi connectivity index (χ2n) is 9.23. The molecule has 4 heteroatoms. The van der Waals surface area contributed by atoms with E-state index in [9.17, 15) is 5.11 Å². The van der Waals surface area contributed by atoms with Crippen LogP contribution in [0.2, 0.25) is 0 Å². The molecule has 1 aliphatic rings. The third kappa shape index (κ3) is 3.71. The number of aliphatic hydroxyl groups is 1. The van der Waals surface area contributed by atoms with E-state index in [2.05, 4.69) is 24.3 Å². The SMILES string of the molecule is CC(O)(c1ccc(B2OC(C)(C)C(C)(C)O2)cc1)c1cccc(-c2ccccc2)c1. The lowest BCUT2D eigenvalue weighted by Crippen LogP contribution is -2.41. The van der Waals surface area contributed by atoms with Gasteiger partial charge in [0.05, 0.1) is 11.2 Å². The summed E-state index contributed by atoms with van der Waals surface area (Å²) in [6.45, 7) is 10.0. The largest absolute Gasteiger partial charge is 0.494 e. The Kier molecular flexibility index (Phi) is 5.13. The van der Waals surface area contributed by atoms with E-state index < -0.39 is 12.7 Å². The topological polar surface area (TPSA) is 38.7 Å². The van der Waals surface area contributed by atoms with Gasteiger partial charge in [0.15, 0.2) is 0 Å². The van der Waals surface area contributed by atoms with Crippen molar-refractivity contribution in [3.8, 4) is 11.1 Å². The van der Waals surface area contributed by atoms with Crippen LogP contribution < -0.4 is 5.46 Å². The van der Waals surface area contributed by atoms with E-state index in [0.29, 0.717) is 0 Å². The second-order valence-corrected chi connectivity index (χ2v) is 9.23. The molecule has 3 aromatic carbocycles. The van der Waals surface area contributed by atoms with Crippen molar-refractivity contribution in [2.24, 2.45) is 0 Å². The van der Waals surface area contributed by atoms with Gasteiger partial charge in [-0.1, -0.05) is 72.8 Å². The van der Waals surface area contributed by atoms with E-state index in [1.54, 1.807) is 0 Å². The molecular weight excluding hydrogens is 371 g/mol. The van der Waals surface area contributed by atoms with E-state index >= 15 is 0 Å². The summed E-state index contributed by atoms with van der Waals surface area (Å²) in [7, 11) is -0.407. The Morgan fingerprint density at radius 1 is 0.700 bits per heavy atom. The molecule has 0 aromatic heterocycles. The van der Waals surface area contributed by atoms with E-state index in [1.165, 1.54) is 0 Å². The van der Waals surface area contributed by atoms with Crippen molar-refractivity contribution >= 4 is 12.6 Å². The number of benzene rings is 3. The fourth-order valence-electron chi connectivity index (χ4n) is 3.74. The highest BCUT2D eigenvalue weighted by molar-refractivity contribution is 6.62. The van der Waals surface area contributed by atoms with E-state index in [-0.39, 0.29) is 11.2 Å². The lowest BCUT2D eigenvalue weighted by molar-refractivity contribution is 0.00578. The molecule has 1 unspecified atom stereocenters. The molecule has 0 aliphatic carbocycles. The first-order valence-electron chi connectivity index (χ1n) is 10.4. The Morgan fingerprint density at radius 3 is 1.87 bits per heavy atom. The summed E-state index contributed by atoms with van der Waals surface area (Å²) < 4.78 is 12.3. The maximum atomic E-state index is 11.4. The third-order valence-corrected chi connectivity index (χ3v) is 6.53. The summed E-state index contributed by atoms with van der Waals surface area (Å²) in [5.41, 5.74) is 2.98. The van der Waals surface area contributed by atoms with Crippen LogP contribution in [0.4, 0.5) is 0 Å². The quantitative estimate of drug-likeness (QED) is 0.633. The molecule has 3 nitrogen and oxygen atoms in total. The zero-order chi connectivity index (χ0) is 21.6. The van der Waals surface area contributed by atoms with Crippen LogP contribution in [0, 0.1) is 0 Å². The molecule has 0 saturated carbocycles. The van der Waals surface area contributed by atoms with Gasteiger partial charge in [0.2, 0.25) is 0 Å². The first-order valence-corrected chi connectivity index (χ1v) is 10.4. The zero-order valence-electron chi connectivity index (χ0n) is 18.3. The van der Waals surface area contributed by atoms with Gasteiger partial charge >= 0.3 is 7.12 Å². The predicted molar refractivity (Wildman–Crippen MR) is 123 cm³/mol. The standard InChI is InChI=1S/C26H29BO3/c1-24(2)25(3,4)30-27(29-24)23-16-14-21(15-17-23)26(5,28)22-13-9-12-20(18-22)19-10-7-6-8-11-19/h6-18,28H,1-5H3. The molecular formula is C26H29BO3. The lowest BCUT2D eigenvalue weighted by Gasteiger charge is -2.32. The van der Waals surface area contributed by atoms with Gasteiger partial charge in [-0.3, -0.25) is 0 Å². The molecule has 4 rings (SSSR count). The maximum absolute atomic E-state index is 11.4. The average molecular weight is 400 g/mol. The Bertz CT molecular complexity index is 1010. The summed E-state index contributed by atoms with van der Waals surface area (Å²) in [5.74, 6) is 0. The van der Waals surface area contributed by atoms with E-state index in [4.69, 9.17) is 9.31 Å². The van der Waals surface area contributed by atoms with Crippen molar-refractivity contribution in [1.29, 1.82) is 0 Å². The van der Waals surface area contributed by atoms with Gasteiger partial charge in [-0.25, -0.2) is 0 Å². The van der Waals surface area contributed by atoms with Crippen LogP contribution in [-0.4, -0.2) is 23.4 Å². The summed E-state index contributed by atoms with van der Waals surface area (Å²) >= 11 is 0. The Morgan fingerprint density at radius 2 is 1.27 bits per heavy atom. The molecule has 0 spiro atoms. The van der Waals surface area contributed by atoms with Gasteiger partial charge in [-0.15, -0.1) is 0 Å². The Labute approximate surface area is 179 Å². The van der Waals surface area contributed by atoms with Crippen molar-refractivity contribution in [3.05, 3.63) is 90.0 Å². The van der Waals surface area contributed by atoms with Crippen LogP contribution >= 0.6 is 0 Å². The van der Waals surface area contributed by atoms with Gasteiger partial charge < -0.3 is 14.4 Å². The van der Waals surface area contributed by atoms with Gasteiger partial charge in [-0.2, -0.15) is 0 Å². The van der Waals surface area contributed by atoms with Crippen molar-refractivity contribution in [2.45, 2.75) is 51.4 Å². The summed E-state index contributed by atoms with van der Waals surface area (Å²) in [5, 5.41) is 11.4. The van der Waals surface area contributed by atoms with Crippen molar-refractivity contribution in [1.82, 2.24) is 0 Å². The maximum Gasteiger partial charge on any atom is 0.494 e. The summed E-state index contributed by atoms with van der Waals surface area (Å²) in [4.78, 5) is 0. The third-order valence-electron chi connectivity index (χ3n) is 6.53. The summed E-state index contributed by atoms with van der Waals surface area (Å²) in [6, 6.07) is 26.1. The Hall–Kier alpha value is -2.40. The lowest BCUT2D eigenvalue weighted by atomic mass is 9.77. The normalized spacial score (nSPS) is 19.5. The molecule has 154 valence electrons. The minimum Gasteiger partial charge on any atom is -0.399 e.